The molecule has 1 aliphatic heterocycles. The van der Waals surface area contributed by atoms with Crippen LogP contribution in [0.1, 0.15) is 45.7 Å². The highest BCUT2D eigenvalue weighted by atomic mass is 19.4. The van der Waals surface area contributed by atoms with E-state index in [1.54, 1.807) is 26.0 Å². The zero-order valence-electron chi connectivity index (χ0n) is 16.4. The van der Waals surface area contributed by atoms with Gasteiger partial charge in [-0.05, 0) is 36.8 Å². The summed E-state index contributed by atoms with van der Waals surface area (Å²) in [5, 5.41) is 1.12. The predicted molar refractivity (Wildman–Crippen MR) is 99.5 cm³/mol. The molecule has 1 saturated heterocycles. The number of hydrazine groups is 1. The normalized spacial score (nSPS) is 26.6. The second kappa shape index (κ2) is 6.09. The summed E-state index contributed by atoms with van der Waals surface area (Å²) in [6.07, 6.45) is -0.728. The molecule has 0 spiro atoms. The van der Waals surface area contributed by atoms with Crippen molar-refractivity contribution in [1.82, 2.24) is 10.4 Å². The van der Waals surface area contributed by atoms with Gasteiger partial charge in [-0.25, -0.2) is 5.01 Å². The lowest BCUT2D eigenvalue weighted by molar-refractivity contribution is -0.228. The van der Waals surface area contributed by atoms with Crippen molar-refractivity contribution in [2.45, 2.75) is 53.3 Å². The van der Waals surface area contributed by atoms with E-state index in [0.29, 0.717) is 0 Å². The van der Waals surface area contributed by atoms with E-state index in [0.717, 1.165) is 16.1 Å². The van der Waals surface area contributed by atoms with E-state index in [2.05, 4.69) is 5.43 Å². The molecule has 3 rings (SSSR count). The average molecular weight is 380 g/mol. The minimum absolute atomic E-state index is 0.0172. The monoisotopic (exact) mass is 380 g/mol. The van der Waals surface area contributed by atoms with Crippen LogP contribution in [0.5, 0.6) is 0 Å². The molecule has 0 bridgehead atoms. The van der Waals surface area contributed by atoms with Crippen molar-refractivity contribution in [3.05, 3.63) is 41.5 Å². The first-order valence-corrected chi connectivity index (χ1v) is 9.20. The summed E-state index contributed by atoms with van der Waals surface area (Å²) in [5.74, 6) is -0.374. The van der Waals surface area contributed by atoms with Crippen LogP contribution in [0.25, 0.3) is 6.08 Å². The first kappa shape index (κ1) is 19.9. The van der Waals surface area contributed by atoms with Crippen molar-refractivity contribution >= 4 is 12.0 Å². The third-order valence-corrected chi connectivity index (χ3v) is 6.03. The minimum Gasteiger partial charge on any atom is -0.288 e. The zero-order chi connectivity index (χ0) is 20.3. The van der Waals surface area contributed by atoms with Crippen molar-refractivity contribution in [1.29, 1.82) is 0 Å². The molecule has 1 amide bonds. The van der Waals surface area contributed by atoms with Crippen molar-refractivity contribution in [2.75, 3.05) is 6.54 Å². The molecule has 0 radical (unpaired) electrons. The number of hydrogen-bond acceptors (Lipinski definition) is 2. The Hall–Kier alpha value is -1.82. The number of rotatable bonds is 2. The van der Waals surface area contributed by atoms with Gasteiger partial charge in [0.05, 0.1) is 5.41 Å². The Kier molecular flexibility index (Phi) is 4.50. The Balaban J connectivity index is 2.14. The predicted octanol–water partition coefficient (Wildman–Crippen LogP) is 4.59. The van der Waals surface area contributed by atoms with Crippen LogP contribution in [0, 0.1) is 16.2 Å². The fraction of sp³-hybridized carbons (Fsp3) is 0.571. The van der Waals surface area contributed by atoms with Crippen LogP contribution in [0.3, 0.4) is 0 Å². The van der Waals surface area contributed by atoms with Gasteiger partial charge in [0.25, 0.3) is 0 Å². The average Bonchev–Trinajstić information content (AvgIpc) is 2.77. The van der Waals surface area contributed by atoms with E-state index in [-0.39, 0.29) is 18.9 Å². The van der Waals surface area contributed by atoms with Gasteiger partial charge in [0, 0.05) is 12.0 Å². The van der Waals surface area contributed by atoms with Crippen molar-refractivity contribution < 1.29 is 18.0 Å². The van der Waals surface area contributed by atoms with Gasteiger partial charge in [0.1, 0.15) is 6.04 Å². The SMILES string of the molecule is CC1(C)CN(C(C(F)(F)F)C2(C(C)(C)C)C=Cc3ccccc3C2)NC1=O. The van der Waals surface area contributed by atoms with Crippen LogP contribution in [-0.2, 0) is 11.2 Å². The molecule has 2 unspecified atom stereocenters. The Morgan fingerprint density at radius 2 is 1.78 bits per heavy atom. The van der Waals surface area contributed by atoms with Crippen LogP contribution in [0.2, 0.25) is 0 Å². The molecule has 1 N–H and O–H groups in total. The molecule has 6 heteroatoms. The Bertz CT molecular complexity index is 776. The molecule has 0 aromatic heterocycles. The second-order valence-corrected chi connectivity index (χ2v) is 9.40. The van der Waals surface area contributed by atoms with E-state index in [1.807, 2.05) is 45.0 Å². The van der Waals surface area contributed by atoms with Crippen LogP contribution in [0.4, 0.5) is 13.2 Å². The number of halogens is 3. The van der Waals surface area contributed by atoms with Gasteiger partial charge in [-0.2, -0.15) is 13.2 Å². The number of hydrogen-bond donors (Lipinski definition) is 1. The largest absolute Gasteiger partial charge is 0.406 e. The van der Waals surface area contributed by atoms with Gasteiger partial charge in [-0.1, -0.05) is 57.2 Å². The van der Waals surface area contributed by atoms with E-state index >= 15 is 0 Å². The fourth-order valence-corrected chi connectivity index (χ4v) is 4.31. The van der Waals surface area contributed by atoms with Crippen molar-refractivity contribution in [3.63, 3.8) is 0 Å². The van der Waals surface area contributed by atoms with Crippen LogP contribution in [0.15, 0.2) is 30.3 Å². The highest BCUT2D eigenvalue weighted by Gasteiger charge is 2.62. The topological polar surface area (TPSA) is 32.3 Å². The maximum Gasteiger partial charge on any atom is 0.406 e. The Morgan fingerprint density at radius 3 is 2.30 bits per heavy atom. The molecule has 3 nitrogen and oxygen atoms in total. The third-order valence-electron chi connectivity index (χ3n) is 6.03. The number of fused-ring (bicyclic) bond motifs is 1. The summed E-state index contributed by atoms with van der Waals surface area (Å²) in [4.78, 5) is 12.2. The van der Waals surface area contributed by atoms with Gasteiger partial charge in [0.2, 0.25) is 5.91 Å². The first-order valence-electron chi connectivity index (χ1n) is 9.20. The Morgan fingerprint density at radius 1 is 1.15 bits per heavy atom. The lowest BCUT2D eigenvalue weighted by atomic mass is 9.57. The molecule has 1 fully saturated rings. The van der Waals surface area contributed by atoms with Crippen molar-refractivity contribution in [2.24, 2.45) is 16.2 Å². The van der Waals surface area contributed by atoms with E-state index in [9.17, 15) is 18.0 Å². The first-order chi connectivity index (χ1) is 12.3. The van der Waals surface area contributed by atoms with Crippen LogP contribution in [-0.4, -0.2) is 29.7 Å². The van der Waals surface area contributed by atoms with E-state index in [1.165, 1.54) is 0 Å². The summed E-state index contributed by atoms with van der Waals surface area (Å²) in [5.41, 5.74) is 1.59. The highest BCUT2D eigenvalue weighted by molar-refractivity contribution is 5.83. The number of benzene rings is 1. The smallest absolute Gasteiger partial charge is 0.288 e. The summed E-state index contributed by atoms with van der Waals surface area (Å²) in [6, 6.07) is 5.73. The summed E-state index contributed by atoms with van der Waals surface area (Å²) in [6.45, 7) is 8.88. The summed E-state index contributed by atoms with van der Waals surface area (Å²) in [7, 11) is 0. The Labute approximate surface area is 158 Å². The number of carbonyl (C=O) groups is 1. The number of alkyl halides is 3. The fourth-order valence-electron chi connectivity index (χ4n) is 4.31. The number of amides is 1. The molecular weight excluding hydrogens is 353 g/mol. The van der Waals surface area contributed by atoms with Crippen LogP contribution < -0.4 is 5.43 Å². The van der Waals surface area contributed by atoms with Gasteiger partial charge in [-0.15, -0.1) is 0 Å². The van der Waals surface area contributed by atoms with Gasteiger partial charge >= 0.3 is 6.18 Å². The molecule has 1 aliphatic carbocycles. The molecule has 148 valence electrons. The zero-order valence-corrected chi connectivity index (χ0v) is 16.4. The molecule has 2 aliphatic rings. The maximum absolute atomic E-state index is 14.5. The summed E-state index contributed by atoms with van der Waals surface area (Å²) < 4.78 is 43.4. The van der Waals surface area contributed by atoms with E-state index < -0.39 is 28.5 Å². The van der Waals surface area contributed by atoms with Gasteiger partial charge in [0.15, 0.2) is 0 Å². The quantitative estimate of drug-likeness (QED) is 0.814. The summed E-state index contributed by atoms with van der Waals surface area (Å²) >= 11 is 0. The molecule has 0 saturated carbocycles. The molecule has 1 aromatic rings. The minimum atomic E-state index is -4.50. The number of carbonyl (C=O) groups excluding carboxylic acids is 1. The highest BCUT2D eigenvalue weighted by Crippen LogP contribution is 2.54. The number of nitrogens with zero attached hydrogens (tertiary/aromatic N) is 1. The standard InChI is InChI=1S/C21H27F3N2O/c1-18(2,3)20(11-10-14-8-6-7-9-15(14)12-20)16(21(22,23)24)26-13-19(4,5)17(27)25-26/h6-11,16H,12-13H2,1-5H3,(H,25,27). The van der Waals surface area contributed by atoms with E-state index in [4.69, 9.17) is 0 Å². The molecule has 27 heavy (non-hydrogen) atoms. The van der Waals surface area contributed by atoms with Crippen LogP contribution >= 0.6 is 0 Å². The third kappa shape index (κ3) is 3.28. The second-order valence-electron chi connectivity index (χ2n) is 9.40. The van der Waals surface area contributed by atoms with Crippen molar-refractivity contribution in [3.8, 4) is 0 Å². The molecule has 1 heterocycles. The molecule has 2 atom stereocenters. The van der Waals surface area contributed by atoms with Gasteiger partial charge in [-0.3, -0.25) is 10.2 Å². The van der Waals surface area contributed by atoms with Gasteiger partial charge < -0.3 is 0 Å². The lowest BCUT2D eigenvalue weighted by Crippen LogP contribution is -2.63. The molecular formula is C21H27F3N2O. The lowest BCUT2D eigenvalue weighted by Gasteiger charge is -2.52. The maximum atomic E-state index is 14.5. The molecule has 1 aromatic carbocycles. The number of nitrogens with one attached hydrogen (secondary N) is 1.